The number of amides is 1. The van der Waals surface area contributed by atoms with Crippen LogP contribution in [0.25, 0.3) is 0 Å². The van der Waals surface area contributed by atoms with Crippen LogP contribution in [0.4, 0.5) is 4.39 Å². The van der Waals surface area contributed by atoms with Gasteiger partial charge in [-0.1, -0.05) is 12.1 Å². The first-order valence-electron chi connectivity index (χ1n) is 5.54. The lowest BCUT2D eigenvalue weighted by Crippen LogP contribution is -2.29. The lowest BCUT2D eigenvalue weighted by molar-refractivity contribution is -0.141. The van der Waals surface area contributed by atoms with Crippen molar-refractivity contribution in [1.82, 2.24) is 5.32 Å². The molecule has 0 aliphatic rings. The Morgan fingerprint density at radius 2 is 2.11 bits per heavy atom. The second-order valence-electron chi connectivity index (χ2n) is 4.06. The first kappa shape index (κ1) is 14.2. The smallest absolute Gasteiger partial charge is 0.307 e. The van der Waals surface area contributed by atoms with Crippen molar-refractivity contribution in [3.8, 4) is 0 Å². The van der Waals surface area contributed by atoms with E-state index < -0.39 is 17.8 Å². The van der Waals surface area contributed by atoms with E-state index in [2.05, 4.69) is 10.1 Å². The number of nitrogens with one attached hydrogen (secondary N) is 1. The molecule has 0 aliphatic heterocycles. The van der Waals surface area contributed by atoms with E-state index in [0.717, 1.165) is 5.56 Å². The van der Waals surface area contributed by atoms with Gasteiger partial charge in [0.1, 0.15) is 5.82 Å². The Morgan fingerprint density at radius 1 is 1.44 bits per heavy atom. The molecule has 18 heavy (non-hydrogen) atoms. The van der Waals surface area contributed by atoms with Crippen LogP contribution in [0.3, 0.4) is 0 Å². The Hall–Kier alpha value is -1.91. The summed E-state index contributed by atoms with van der Waals surface area (Å²) in [5.41, 5.74) is 1.05. The normalized spacial score (nSPS) is 11.8. The van der Waals surface area contributed by atoms with Crippen LogP contribution in [0.2, 0.25) is 0 Å². The number of hydrogen-bond donors (Lipinski definition) is 1. The topological polar surface area (TPSA) is 55.4 Å². The van der Waals surface area contributed by atoms with Gasteiger partial charge in [0, 0.05) is 12.5 Å². The van der Waals surface area contributed by atoms with Crippen molar-refractivity contribution in [2.24, 2.45) is 0 Å². The van der Waals surface area contributed by atoms with E-state index in [0.29, 0.717) is 0 Å². The van der Waals surface area contributed by atoms with Crippen molar-refractivity contribution in [3.05, 3.63) is 35.1 Å². The minimum absolute atomic E-state index is 0.101. The first-order chi connectivity index (χ1) is 8.43. The lowest BCUT2D eigenvalue weighted by atomic mass is 10.0. The number of halogens is 1. The van der Waals surface area contributed by atoms with Gasteiger partial charge in [0.05, 0.1) is 19.6 Å². The zero-order valence-corrected chi connectivity index (χ0v) is 10.6. The third-order valence-corrected chi connectivity index (χ3v) is 2.51. The highest BCUT2D eigenvalue weighted by Gasteiger charge is 2.20. The van der Waals surface area contributed by atoms with Crippen LogP contribution in [-0.2, 0) is 14.3 Å². The zero-order chi connectivity index (χ0) is 13.7. The van der Waals surface area contributed by atoms with Gasteiger partial charge in [-0.05, 0) is 18.6 Å². The Kier molecular flexibility index (Phi) is 4.83. The van der Waals surface area contributed by atoms with Gasteiger partial charge in [0.2, 0.25) is 5.91 Å². The highest BCUT2D eigenvalue weighted by Crippen LogP contribution is 2.21. The molecule has 0 spiro atoms. The number of aryl methyl sites for hydroxylation is 1. The van der Waals surface area contributed by atoms with Crippen LogP contribution in [0, 0.1) is 12.7 Å². The Labute approximate surface area is 105 Å². The summed E-state index contributed by atoms with van der Waals surface area (Å²) in [4.78, 5) is 22.3. The van der Waals surface area contributed by atoms with Crippen molar-refractivity contribution < 1.29 is 18.7 Å². The van der Waals surface area contributed by atoms with Crippen molar-refractivity contribution in [2.75, 3.05) is 7.11 Å². The van der Waals surface area contributed by atoms with Gasteiger partial charge in [-0.25, -0.2) is 4.39 Å². The highest BCUT2D eigenvalue weighted by atomic mass is 19.1. The van der Waals surface area contributed by atoms with E-state index in [9.17, 15) is 14.0 Å². The standard InChI is InChI=1S/C13H16FNO3/c1-8-4-5-10(11(14)6-8)12(15-9(2)16)7-13(17)18-3/h4-6,12H,7H2,1-3H3,(H,15,16). The van der Waals surface area contributed by atoms with Crippen LogP contribution in [0.1, 0.15) is 30.5 Å². The number of esters is 1. The molecule has 1 rings (SSSR count). The van der Waals surface area contributed by atoms with Crippen LogP contribution in [0.15, 0.2) is 18.2 Å². The van der Waals surface area contributed by atoms with E-state index in [-0.39, 0.29) is 17.9 Å². The Balaban J connectivity index is 3.00. The van der Waals surface area contributed by atoms with Crippen LogP contribution < -0.4 is 5.32 Å². The van der Waals surface area contributed by atoms with Crippen molar-refractivity contribution in [3.63, 3.8) is 0 Å². The summed E-state index contributed by atoms with van der Waals surface area (Å²) in [6.07, 6.45) is -0.101. The van der Waals surface area contributed by atoms with Gasteiger partial charge in [-0.3, -0.25) is 9.59 Å². The van der Waals surface area contributed by atoms with Crippen molar-refractivity contribution >= 4 is 11.9 Å². The maximum atomic E-state index is 13.8. The van der Waals surface area contributed by atoms with E-state index in [1.54, 1.807) is 19.1 Å². The molecule has 0 aliphatic carbocycles. The van der Waals surface area contributed by atoms with E-state index in [4.69, 9.17) is 0 Å². The molecule has 1 amide bonds. The molecule has 0 aromatic heterocycles. The molecular weight excluding hydrogens is 237 g/mol. The Bertz CT molecular complexity index is 460. The van der Waals surface area contributed by atoms with Crippen LogP contribution in [-0.4, -0.2) is 19.0 Å². The molecular formula is C13H16FNO3. The third kappa shape index (κ3) is 3.84. The first-order valence-corrected chi connectivity index (χ1v) is 5.54. The fourth-order valence-corrected chi connectivity index (χ4v) is 1.65. The molecule has 0 bridgehead atoms. The molecule has 4 nitrogen and oxygen atoms in total. The number of ether oxygens (including phenoxy) is 1. The zero-order valence-electron chi connectivity index (χ0n) is 10.6. The number of carbonyl (C=O) groups is 2. The summed E-state index contributed by atoms with van der Waals surface area (Å²) in [5.74, 6) is -1.28. The highest BCUT2D eigenvalue weighted by molar-refractivity contribution is 5.76. The summed E-state index contributed by atoms with van der Waals surface area (Å²) < 4.78 is 18.3. The fraction of sp³-hybridized carbons (Fsp3) is 0.385. The van der Waals surface area contributed by atoms with Gasteiger partial charge in [-0.15, -0.1) is 0 Å². The summed E-state index contributed by atoms with van der Waals surface area (Å²) in [5, 5.41) is 2.54. The summed E-state index contributed by atoms with van der Waals surface area (Å²) in [7, 11) is 1.25. The molecule has 0 saturated heterocycles. The largest absolute Gasteiger partial charge is 0.469 e. The quantitative estimate of drug-likeness (QED) is 0.833. The molecule has 1 unspecified atom stereocenters. The second kappa shape index (κ2) is 6.14. The number of hydrogen-bond acceptors (Lipinski definition) is 3. The fourth-order valence-electron chi connectivity index (χ4n) is 1.65. The molecule has 0 saturated carbocycles. The number of methoxy groups -OCH3 is 1. The summed E-state index contributed by atoms with van der Waals surface area (Å²) in [6.45, 7) is 3.08. The van der Waals surface area contributed by atoms with Gasteiger partial charge in [0.25, 0.3) is 0 Å². The van der Waals surface area contributed by atoms with Crippen molar-refractivity contribution in [1.29, 1.82) is 0 Å². The van der Waals surface area contributed by atoms with Crippen LogP contribution in [0.5, 0.6) is 0 Å². The van der Waals surface area contributed by atoms with Gasteiger partial charge < -0.3 is 10.1 Å². The molecule has 1 aromatic rings. The van der Waals surface area contributed by atoms with Crippen LogP contribution >= 0.6 is 0 Å². The van der Waals surface area contributed by atoms with Gasteiger partial charge >= 0.3 is 5.97 Å². The van der Waals surface area contributed by atoms with E-state index in [1.807, 2.05) is 0 Å². The lowest BCUT2D eigenvalue weighted by Gasteiger charge is -2.18. The monoisotopic (exact) mass is 253 g/mol. The minimum Gasteiger partial charge on any atom is -0.469 e. The average molecular weight is 253 g/mol. The minimum atomic E-state index is -0.712. The molecule has 0 radical (unpaired) electrons. The molecule has 0 fully saturated rings. The molecule has 1 atom stereocenters. The number of benzene rings is 1. The Morgan fingerprint density at radius 3 is 2.61 bits per heavy atom. The van der Waals surface area contributed by atoms with E-state index >= 15 is 0 Å². The van der Waals surface area contributed by atoms with Crippen molar-refractivity contribution in [2.45, 2.75) is 26.3 Å². The number of carbonyl (C=O) groups excluding carboxylic acids is 2. The van der Waals surface area contributed by atoms with E-state index in [1.165, 1.54) is 20.1 Å². The molecule has 0 heterocycles. The second-order valence-corrected chi connectivity index (χ2v) is 4.06. The van der Waals surface area contributed by atoms with Gasteiger partial charge in [-0.2, -0.15) is 0 Å². The predicted molar refractivity (Wildman–Crippen MR) is 64.3 cm³/mol. The number of rotatable bonds is 4. The maximum absolute atomic E-state index is 13.8. The SMILES string of the molecule is COC(=O)CC(NC(C)=O)c1ccc(C)cc1F. The molecule has 1 N–H and O–H groups in total. The summed E-state index contributed by atoms with van der Waals surface area (Å²) >= 11 is 0. The van der Waals surface area contributed by atoms with Gasteiger partial charge in [0.15, 0.2) is 0 Å². The maximum Gasteiger partial charge on any atom is 0.307 e. The molecule has 1 aromatic carbocycles. The predicted octanol–water partition coefficient (Wildman–Crippen LogP) is 1.87. The average Bonchev–Trinajstić information content (AvgIpc) is 2.27. The summed E-state index contributed by atoms with van der Waals surface area (Å²) in [6, 6.07) is 3.94. The molecule has 5 heteroatoms. The third-order valence-electron chi connectivity index (χ3n) is 2.51. The molecule has 98 valence electrons.